The number of H-pyrrole nitrogens is 1. The van der Waals surface area contributed by atoms with E-state index in [1.165, 1.54) is 0 Å². The first-order valence-corrected chi connectivity index (χ1v) is 5.80. The molecule has 0 fully saturated rings. The summed E-state index contributed by atoms with van der Waals surface area (Å²) in [4.78, 5) is 4.20. The van der Waals surface area contributed by atoms with Crippen molar-refractivity contribution in [2.24, 2.45) is 0 Å². The Bertz CT molecular complexity index is 781. The summed E-state index contributed by atoms with van der Waals surface area (Å²) < 4.78 is 10.7. The van der Waals surface area contributed by atoms with Crippen molar-refractivity contribution in [3.05, 3.63) is 30.6 Å². The van der Waals surface area contributed by atoms with Crippen LogP contribution in [0.2, 0.25) is 0 Å². The highest BCUT2D eigenvalue weighted by Crippen LogP contribution is 2.38. The molecule has 0 atom stereocenters. The molecule has 19 heavy (non-hydrogen) atoms. The normalized spacial score (nSPS) is 13.1. The molecule has 0 amide bonds. The van der Waals surface area contributed by atoms with Crippen molar-refractivity contribution in [3.63, 3.8) is 0 Å². The van der Waals surface area contributed by atoms with Gasteiger partial charge in [-0.2, -0.15) is 5.10 Å². The van der Waals surface area contributed by atoms with Gasteiger partial charge in [0.25, 0.3) is 0 Å². The van der Waals surface area contributed by atoms with E-state index in [1.54, 1.807) is 12.4 Å². The average molecular weight is 254 g/mol. The van der Waals surface area contributed by atoms with E-state index >= 15 is 0 Å². The van der Waals surface area contributed by atoms with Crippen molar-refractivity contribution in [2.45, 2.75) is 0 Å². The lowest BCUT2D eigenvalue weighted by molar-refractivity contribution is 0.174. The Kier molecular flexibility index (Phi) is 1.94. The largest absolute Gasteiger partial charge is 0.454 e. The summed E-state index contributed by atoms with van der Waals surface area (Å²) in [5.41, 5.74) is 8.60. The van der Waals surface area contributed by atoms with Crippen molar-refractivity contribution in [2.75, 3.05) is 12.5 Å². The quantitative estimate of drug-likeness (QED) is 0.693. The highest BCUT2D eigenvalue weighted by atomic mass is 16.7. The van der Waals surface area contributed by atoms with Gasteiger partial charge in [0.2, 0.25) is 6.79 Å². The molecule has 0 radical (unpaired) electrons. The minimum Gasteiger partial charge on any atom is -0.454 e. The Morgan fingerprint density at radius 3 is 3.00 bits per heavy atom. The van der Waals surface area contributed by atoms with Crippen LogP contribution in [-0.2, 0) is 0 Å². The summed E-state index contributed by atoms with van der Waals surface area (Å²) in [6, 6.07) is 5.76. The van der Waals surface area contributed by atoms with E-state index in [1.807, 2.05) is 18.2 Å². The molecule has 0 aliphatic carbocycles. The van der Waals surface area contributed by atoms with E-state index in [0.29, 0.717) is 5.82 Å². The van der Waals surface area contributed by atoms with Gasteiger partial charge in [0.15, 0.2) is 17.3 Å². The number of benzene rings is 1. The topological polar surface area (TPSA) is 86.1 Å². The maximum Gasteiger partial charge on any atom is 0.231 e. The van der Waals surface area contributed by atoms with Crippen molar-refractivity contribution in [1.29, 1.82) is 0 Å². The van der Waals surface area contributed by atoms with Gasteiger partial charge in [0.05, 0.1) is 17.1 Å². The van der Waals surface area contributed by atoms with Crippen LogP contribution in [0.15, 0.2) is 30.6 Å². The monoisotopic (exact) mass is 254 g/mol. The molecule has 0 saturated heterocycles. The Balaban J connectivity index is 1.97. The van der Waals surface area contributed by atoms with Crippen LogP contribution in [-0.4, -0.2) is 22.0 Å². The number of nitrogens with two attached hydrogens (primary N) is 1. The lowest BCUT2D eigenvalue weighted by Gasteiger charge is -2.04. The van der Waals surface area contributed by atoms with Crippen LogP contribution in [0.1, 0.15) is 0 Å². The van der Waals surface area contributed by atoms with Crippen LogP contribution in [0, 0.1) is 0 Å². The van der Waals surface area contributed by atoms with Crippen molar-refractivity contribution in [1.82, 2.24) is 15.2 Å². The third-order valence-corrected chi connectivity index (χ3v) is 3.18. The molecular formula is C13H10N4O2. The van der Waals surface area contributed by atoms with Gasteiger partial charge in [0.1, 0.15) is 0 Å². The second-order valence-corrected chi connectivity index (χ2v) is 4.29. The Hall–Kier alpha value is -2.76. The number of nitrogen functional groups attached to an aromatic ring is 1. The van der Waals surface area contributed by atoms with Crippen LogP contribution in [0.5, 0.6) is 11.5 Å². The van der Waals surface area contributed by atoms with E-state index in [-0.39, 0.29) is 6.79 Å². The molecule has 4 rings (SSSR count). The lowest BCUT2D eigenvalue weighted by Crippen LogP contribution is -1.92. The van der Waals surface area contributed by atoms with Gasteiger partial charge >= 0.3 is 0 Å². The minimum atomic E-state index is 0.259. The SMILES string of the molecule is Nc1n[nH]c2cncc(-c3ccc4c(c3)OCO4)c12. The molecule has 1 aliphatic heterocycles. The second-order valence-electron chi connectivity index (χ2n) is 4.29. The molecule has 0 spiro atoms. The first-order chi connectivity index (χ1) is 9.33. The van der Waals surface area contributed by atoms with Crippen LogP contribution in [0.25, 0.3) is 22.0 Å². The minimum absolute atomic E-state index is 0.259. The van der Waals surface area contributed by atoms with Crippen molar-refractivity contribution in [3.8, 4) is 22.6 Å². The molecule has 94 valence electrons. The number of fused-ring (bicyclic) bond motifs is 2. The van der Waals surface area contributed by atoms with E-state index < -0.39 is 0 Å². The summed E-state index contributed by atoms with van der Waals surface area (Å²) >= 11 is 0. The summed E-state index contributed by atoms with van der Waals surface area (Å²) in [7, 11) is 0. The van der Waals surface area contributed by atoms with Gasteiger partial charge in [-0.1, -0.05) is 6.07 Å². The highest BCUT2D eigenvalue weighted by Gasteiger charge is 2.16. The van der Waals surface area contributed by atoms with Gasteiger partial charge in [-0.05, 0) is 17.7 Å². The Morgan fingerprint density at radius 2 is 2.05 bits per heavy atom. The predicted octanol–water partition coefficient (Wildman–Crippen LogP) is 1.94. The number of hydrogen-bond donors (Lipinski definition) is 2. The molecule has 0 saturated carbocycles. The maximum atomic E-state index is 5.90. The number of ether oxygens (including phenoxy) is 2. The number of nitrogens with one attached hydrogen (secondary N) is 1. The van der Waals surface area contributed by atoms with Crippen LogP contribution >= 0.6 is 0 Å². The fraction of sp³-hybridized carbons (Fsp3) is 0.0769. The van der Waals surface area contributed by atoms with Crippen LogP contribution in [0.3, 0.4) is 0 Å². The smallest absolute Gasteiger partial charge is 0.231 e. The molecule has 1 aromatic carbocycles. The van der Waals surface area contributed by atoms with E-state index in [4.69, 9.17) is 15.2 Å². The molecule has 6 nitrogen and oxygen atoms in total. The summed E-state index contributed by atoms with van der Waals surface area (Å²) in [5.74, 6) is 1.95. The van der Waals surface area contributed by atoms with Crippen molar-refractivity contribution < 1.29 is 9.47 Å². The number of rotatable bonds is 1. The van der Waals surface area contributed by atoms with E-state index in [0.717, 1.165) is 33.5 Å². The van der Waals surface area contributed by atoms with Gasteiger partial charge in [-0.15, -0.1) is 0 Å². The number of aromatic nitrogens is 3. The Morgan fingerprint density at radius 1 is 1.16 bits per heavy atom. The van der Waals surface area contributed by atoms with E-state index in [2.05, 4.69) is 15.2 Å². The molecule has 3 heterocycles. The predicted molar refractivity (Wildman–Crippen MR) is 69.9 cm³/mol. The molecule has 3 N–H and O–H groups in total. The average Bonchev–Trinajstić information content (AvgIpc) is 3.05. The molecule has 2 aromatic heterocycles. The van der Waals surface area contributed by atoms with Crippen molar-refractivity contribution >= 4 is 16.7 Å². The summed E-state index contributed by atoms with van der Waals surface area (Å²) in [6.07, 6.45) is 3.47. The Labute approximate surface area is 108 Å². The molecule has 3 aromatic rings. The standard InChI is InChI=1S/C13H10N4O2/c14-13-12-8(4-15-5-9(12)16-17-13)7-1-2-10-11(3-7)19-6-18-10/h1-5H,6H2,(H3,14,16,17). The number of aromatic amines is 1. The lowest BCUT2D eigenvalue weighted by atomic mass is 10.0. The zero-order valence-corrected chi connectivity index (χ0v) is 9.88. The zero-order chi connectivity index (χ0) is 12.8. The van der Waals surface area contributed by atoms with Crippen LogP contribution in [0.4, 0.5) is 5.82 Å². The third-order valence-electron chi connectivity index (χ3n) is 3.18. The molecule has 0 bridgehead atoms. The molecule has 0 unspecified atom stereocenters. The third kappa shape index (κ3) is 1.43. The highest BCUT2D eigenvalue weighted by molar-refractivity contribution is 6.00. The van der Waals surface area contributed by atoms with E-state index in [9.17, 15) is 0 Å². The number of pyridine rings is 1. The molecular weight excluding hydrogens is 244 g/mol. The van der Waals surface area contributed by atoms with Gasteiger partial charge < -0.3 is 15.2 Å². The number of hydrogen-bond acceptors (Lipinski definition) is 5. The first kappa shape index (κ1) is 10.2. The second kappa shape index (κ2) is 3.61. The fourth-order valence-electron chi connectivity index (χ4n) is 2.28. The molecule has 6 heteroatoms. The first-order valence-electron chi connectivity index (χ1n) is 5.80. The number of anilines is 1. The zero-order valence-electron chi connectivity index (χ0n) is 9.88. The van der Waals surface area contributed by atoms with Crippen LogP contribution < -0.4 is 15.2 Å². The maximum absolute atomic E-state index is 5.90. The van der Waals surface area contributed by atoms with Gasteiger partial charge in [-0.25, -0.2) is 0 Å². The summed E-state index contributed by atoms with van der Waals surface area (Å²) in [6.45, 7) is 0.259. The molecule has 1 aliphatic rings. The fourth-order valence-corrected chi connectivity index (χ4v) is 2.28. The number of nitrogens with zero attached hydrogens (tertiary/aromatic N) is 2. The summed E-state index contributed by atoms with van der Waals surface area (Å²) in [5, 5.41) is 7.74. The van der Waals surface area contributed by atoms with Gasteiger partial charge in [-0.3, -0.25) is 10.1 Å². The van der Waals surface area contributed by atoms with Gasteiger partial charge in [0, 0.05) is 11.8 Å².